The largest absolute Gasteiger partial charge is 0.504 e. The average molecular weight is 239 g/mol. The Morgan fingerprint density at radius 2 is 2.18 bits per heavy atom. The van der Waals surface area contributed by atoms with E-state index in [-0.39, 0.29) is 11.9 Å². The van der Waals surface area contributed by atoms with Crippen LogP contribution in [0.2, 0.25) is 0 Å². The van der Waals surface area contributed by atoms with Crippen molar-refractivity contribution < 1.29 is 14.9 Å². The Morgan fingerprint density at radius 1 is 1.41 bits per heavy atom. The number of hydrogen-bond donors (Lipinski definition) is 3. The molecule has 4 nitrogen and oxygen atoms in total. The molecule has 0 saturated carbocycles. The summed E-state index contributed by atoms with van der Waals surface area (Å²) in [5, 5.41) is 21.8. The first-order valence-electron chi connectivity index (χ1n) is 5.88. The van der Waals surface area contributed by atoms with Crippen LogP contribution < -0.4 is 10.1 Å². The van der Waals surface area contributed by atoms with E-state index >= 15 is 0 Å². The van der Waals surface area contributed by atoms with Gasteiger partial charge in [-0.1, -0.05) is 6.07 Å². The fourth-order valence-corrected chi connectivity index (χ4v) is 1.59. The summed E-state index contributed by atoms with van der Waals surface area (Å²) < 4.78 is 5.03. The second kappa shape index (κ2) is 7.14. The monoisotopic (exact) mass is 239 g/mol. The average Bonchev–Trinajstić information content (AvgIpc) is 2.30. The van der Waals surface area contributed by atoms with Crippen molar-refractivity contribution in [3.63, 3.8) is 0 Å². The standard InChI is InChI=1S/C13H21NO3/c1-10(15)4-3-7-14-9-11-5-6-12(16)13(8-11)17-2/h5-6,8,10,14-16H,3-4,7,9H2,1-2H3. The number of methoxy groups -OCH3 is 1. The normalized spacial score (nSPS) is 12.4. The van der Waals surface area contributed by atoms with Gasteiger partial charge in [0.15, 0.2) is 11.5 Å². The lowest BCUT2D eigenvalue weighted by Gasteiger charge is -2.08. The molecular weight excluding hydrogens is 218 g/mol. The van der Waals surface area contributed by atoms with Crippen LogP contribution in [0.5, 0.6) is 11.5 Å². The number of ether oxygens (including phenoxy) is 1. The maximum atomic E-state index is 9.43. The van der Waals surface area contributed by atoms with E-state index < -0.39 is 0 Å². The van der Waals surface area contributed by atoms with Crippen LogP contribution in [0.4, 0.5) is 0 Å². The van der Waals surface area contributed by atoms with Crippen molar-refractivity contribution in [3.05, 3.63) is 23.8 Å². The summed E-state index contributed by atoms with van der Waals surface area (Å²) in [6.45, 7) is 3.40. The Hall–Kier alpha value is -1.26. The van der Waals surface area contributed by atoms with E-state index in [1.165, 1.54) is 7.11 Å². The van der Waals surface area contributed by atoms with Crippen LogP contribution in [0.3, 0.4) is 0 Å². The molecule has 1 aromatic rings. The molecule has 3 N–H and O–H groups in total. The van der Waals surface area contributed by atoms with Crippen molar-refractivity contribution >= 4 is 0 Å². The van der Waals surface area contributed by atoms with Crippen LogP contribution in [0, 0.1) is 0 Å². The smallest absolute Gasteiger partial charge is 0.160 e. The van der Waals surface area contributed by atoms with Crippen LogP contribution in [0.15, 0.2) is 18.2 Å². The fourth-order valence-electron chi connectivity index (χ4n) is 1.59. The lowest BCUT2D eigenvalue weighted by molar-refractivity contribution is 0.181. The van der Waals surface area contributed by atoms with Gasteiger partial charge in [-0.2, -0.15) is 0 Å². The first-order chi connectivity index (χ1) is 8.13. The third-order valence-corrected chi connectivity index (χ3v) is 2.55. The molecule has 1 unspecified atom stereocenters. The van der Waals surface area contributed by atoms with E-state index in [1.54, 1.807) is 13.0 Å². The predicted octanol–water partition coefficient (Wildman–Crippen LogP) is 1.65. The minimum Gasteiger partial charge on any atom is -0.504 e. The highest BCUT2D eigenvalue weighted by Crippen LogP contribution is 2.26. The van der Waals surface area contributed by atoms with Crippen LogP contribution >= 0.6 is 0 Å². The molecule has 17 heavy (non-hydrogen) atoms. The summed E-state index contributed by atoms with van der Waals surface area (Å²) in [7, 11) is 1.54. The molecule has 0 fully saturated rings. The van der Waals surface area contributed by atoms with Gasteiger partial charge in [-0.25, -0.2) is 0 Å². The van der Waals surface area contributed by atoms with Gasteiger partial charge < -0.3 is 20.3 Å². The molecule has 4 heteroatoms. The van der Waals surface area contributed by atoms with Crippen molar-refractivity contribution in [3.8, 4) is 11.5 Å². The van der Waals surface area contributed by atoms with Crippen molar-refractivity contribution in [1.29, 1.82) is 0 Å². The Labute approximate surface area is 102 Å². The van der Waals surface area contributed by atoms with E-state index in [1.807, 2.05) is 12.1 Å². The van der Waals surface area contributed by atoms with Crippen molar-refractivity contribution in [2.24, 2.45) is 0 Å². The Balaban J connectivity index is 2.32. The van der Waals surface area contributed by atoms with Gasteiger partial charge in [-0.05, 0) is 44.0 Å². The molecular formula is C13H21NO3. The lowest BCUT2D eigenvalue weighted by Crippen LogP contribution is -2.16. The zero-order valence-electron chi connectivity index (χ0n) is 10.4. The maximum Gasteiger partial charge on any atom is 0.160 e. The molecule has 0 aliphatic carbocycles. The van der Waals surface area contributed by atoms with Crippen molar-refractivity contribution in [2.45, 2.75) is 32.4 Å². The number of hydrogen-bond acceptors (Lipinski definition) is 4. The second-order valence-electron chi connectivity index (χ2n) is 4.17. The molecule has 0 saturated heterocycles. The fraction of sp³-hybridized carbons (Fsp3) is 0.538. The quantitative estimate of drug-likeness (QED) is 0.633. The van der Waals surface area contributed by atoms with Crippen LogP contribution in [-0.2, 0) is 6.54 Å². The van der Waals surface area contributed by atoms with E-state index in [9.17, 15) is 5.11 Å². The number of nitrogens with one attached hydrogen (secondary N) is 1. The third kappa shape index (κ3) is 5.06. The van der Waals surface area contributed by atoms with Gasteiger partial charge in [-0.3, -0.25) is 0 Å². The van der Waals surface area contributed by atoms with E-state index in [4.69, 9.17) is 9.84 Å². The molecule has 0 heterocycles. The minimum absolute atomic E-state index is 0.158. The molecule has 96 valence electrons. The SMILES string of the molecule is COc1cc(CNCCCC(C)O)ccc1O. The Bertz CT molecular complexity index is 339. The summed E-state index contributed by atoms with van der Waals surface area (Å²) in [4.78, 5) is 0. The zero-order chi connectivity index (χ0) is 12.7. The summed E-state index contributed by atoms with van der Waals surface area (Å²) in [6, 6.07) is 5.31. The molecule has 0 radical (unpaired) electrons. The summed E-state index contributed by atoms with van der Waals surface area (Å²) >= 11 is 0. The third-order valence-electron chi connectivity index (χ3n) is 2.55. The highest BCUT2D eigenvalue weighted by molar-refractivity contribution is 5.41. The molecule has 1 atom stereocenters. The first-order valence-corrected chi connectivity index (χ1v) is 5.88. The van der Waals surface area contributed by atoms with E-state index in [2.05, 4.69) is 5.32 Å². The predicted molar refractivity (Wildman–Crippen MR) is 67.3 cm³/mol. The number of phenols is 1. The molecule has 1 rings (SSSR count). The van der Waals surface area contributed by atoms with Gasteiger partial charge in [0.05, 0.1) is 13.2 Å². The first kappa shape index (κ1) is 13.8. The molecule has 0 aromatic heterocycles. The number of phenolic OH excluding ortho intramolecular Hbond substituents is 1. The Kier molecular flexibility index (Phi) is 5.80. The molecule has 0 amide bonds. The molecule has 1 aromatic carbocycles. The highest BCUT2D eigenvalue weighted by Gasteiger charge is 2.02. The van der Waals surface area contributed by atoms with E-state index in [0.29, 0.717) is 5.75 Å². The molecule has 0 aliphatic rings. The number of aliphatic hydroxyl groups is 1. The number of rotatable bonds is 7. The van der Waals surface area contributed by atoms with Crippen LogP contribution in [0.25, 0.3) is 0 Å². The molecule has 0 aliphatic heterocycles. The Morgan fingerprint density at radius 3 is 2.82 bits per heavy atom. The van der Waals surface area contributed by atoms with Gasteiger partial charge in [0, 0.05) is 6.54 Å². The number of aromatic hydroxyl groups is 1. The topological polar surface area (TPSA) is 61.7 Å². The second-order valence-corrected chi connectivity index (χ2v) is 4.17. The van der Waals surface area contributed by atoms with Crippen molar-refractivity contribution in [2.75, 3.05) is 13.7 Å². The number of benzene rings is 1. The summed E-state index contributed by atoms with van der Waals surface area (Å²) in [5.41, 5.74) is 1.07. The van der Waals surface area contributed by atoms with Gasteiger partial charge in [-0.15, -0.1) is 0 Å². The van der Waals surface area contributed by atoms with Crippen LogP contribution in [-0.4, -0.2) is 30.0 Å². The van der Waals surface area contributed by atoms with Gasteiger partial charge in [0.2, 0.25) is 0 Å². The molecule has 0 spiro atoms. The minimum atomic E-state index is -0.231. The van der Waals surface area contributed by atoms with Crippen molar-refractivity contribution in [1.82, 2.24) is 5.32 Å². The summed E-state index contributed by atoms with van der Waals surface area (Å²) in [6.07, 6.45) is 1.53. The van der Waals surface area contributed by atoms with Gasteiger partial charge in [0.25, 0.3) is 0 Å². The van der Waals surface area contributed by atoms with Gasteiger partial charge in [0.1, 0.15) is 0 Å². The maximum absolute atomic E-state index is 9.43. The lowest BCUT2D eigenvalue weighted by atomic mass is 10.2. The summed E-state index contributed by atoms with van der Waals surface area (Å²) in [5.74, 6) is 0.652. The van der Waals surface area contributed by atoms with Gasteiger partial charge >= 0.3 is 0 Å². The molecule has 0 bridgehead atoms. The van der Waals surface area contributed by atoms with Crippen LogP contribution in [0.1, 0.15) is 25.3 Å². The number of aliphatic hydroxyl groups excluding tert-OH is 1. The zero-order valence-corrected chi connectivity index (χ0v) is 10.4. The van der Waals surface area contributed by atoms with E-state index in [0.717, 1.165) is 31.5 Å². The highest BCUT2D eigenvalue weighted by atomic mass is 16.5.